The van der Waals surface area contributed by atoms with E-state index in [-0.39, 0.29) is 5.56 Å². The molecule has 1 N–H and O–H groups in total. The molecule has 2 heterocycles. The molecule has 2 aromatic rings. The molecule has 0 bridgehead atoms. The number of nitrogens with zero attached hydrogens (tertiary/aromatic N) is 2. The number of halogens is 1. The number of anilines is 1. The number of likely N-dealkylation sites (N-methyl/N-ethyl adjacent to an activating group) is 1. The summed E-state index contributed by atoms with van der Waals surface area (Å²) in [5.74, 6) is -0.858. The number of rotatable bonds is 2. The summed E-state index contributed by atoms with van der Waals surface area (Å²) >= 11 is 1.43. The van der Waals surface area contributed by atoms with Crippen molar-refractivity contribution in [1.29, 1.82) is 5.26 Å². The minimum Gasteiger partial charge on any atom is -0.312 e. The minimum absolute atomic E-state index is 0.243. The van der Waals surface area contributed by atoms with Gasteiger partial charge in [-0.3, -0.25) is 4.79 Å². The van der Waals surface area contributed by atoms with Gasteiger partial charge >= 0.3 is 0 Å². The highest BCUT2D eigenvalue weighted by Crippen LogP contribution is 2.36. The molecule has 4 nitrogen and oxygen atoms in total. The van der Waals surface area contributed by atoms with Gasteiger partial charge < -0.3 is 10.2 Å². The molecule has 6 heteroatoms. The van der Waals surface area contributed by atoms with Crippen LogP contribution in [-0.4, -0.2) is 24.4 Å². The summed E-state index contributed by atoms with van der Waals surface area (Å²) in [7, 11) is 2.03. The summed E-state index contributed by atoms with van der Waals surface area (Å²) in [6, 6.07) is 7.70. The Labute approximate surface area is 131 Å². The lowest BCUT2D eigenvalue weighted by atomic mass is 10.0. The van der Waals surface area contributed by atoms with Gasteiger partial charge in [-0.15, -0.1) is 11.3 Å². The lowest BCUT2D eigenvalue weighted by Gasteiger charge is -2.21. The molecule has 0 fully saturated rings. The second-order valence-corrected chi connectivity index (χ2v) is 6.38. The van der Waals surface area contributed by atoms with E-state index >= 15 is 0 Å². The summed E-state index contributed by atoms with van der Waals surface area (Å²) in [6.07, 6.45) is 0.807. The first-order valence-corrected chi connectivity index (χ1v) is 7.70. The van der Waals surface area contributed by atoms with E-state index in [1.165, 1.54) is 29.5 Å². The number of fused-ring (bicyclic) bond motifs is 1. The second kappa shape index (κ2) is 5.87. The van der Waals surface area contributed by atoms with Crippen molar-refractivity contribution in [2.75, 3.05) is 18.9 Å². The summed E-state index contributed by atoms with van der Waals surface area (Å²) in [6.45, 7) is 1.68. The van der Waals surface area contributed by atoms with Gasteiger partial charge in [0, 0.05) is 23.5 Å². The normalized spacial score (nSPS) is 14.2. The maximum atomic E-state index is 13.2. The quantitative estimate of drug-likeness (QED) is 0.927. The Bertz CT molecular complexity index is 778. The molecule has 0 aliphatic carbocycles. The van der Waals surface area contributed by atoms with Crippen LogP contribution in [0.1, 0.15) is 26.4 Å². The Morgan fingerprint density at radius 2 is 2.32 bits per heavy atom. The molecule has 1 aromatic heterocycles. The summed E-state index contributed by atoms with van der Waals surface area (Å²) in [4.78, 5) is 15.5. The first-order valence-electron chi connectivity index (χ1n) is 6.88. The maximum Gasteiger partial charge on any atom is 0.256 e. The van der Waals surface area contributed by atoms with Gasteiger partial charge in [0.15, 0.2) is 0 Å². The van der Waals surface area contributed by atoms with Crippen LogP contribution in [0.25, 0.3) is 0 Å². The molecule has 0 atom stereocenters. The molecule has 0 spiro atoms. The number of benzene rings is 1. The van der Waals surface area contributed by atoms with Crippen LogP contribution in [0, 0.1) is 17.1 Å². The van der Waals surface area contributed by atoms with Gasteiger partial charge in [-0.25, -0.2) is 4.39 Å². The Kier molecular flexibility index (Phi) is 3.92. The van der Waals surface area contributed by atoms with Crippen molar-refractivity contribution in [3.63, 3.8) is 0 Å². The second-order valence-electron chi connectivity index (χ2n) is 5.27. The van der Waals surface area contributed by atoms with Crippen molar-refractivity contribution in [1.82, 2.24) is 4.90 Å². The number of hydrogen-bond donors (Lipinski definition) is 1. The van der Waals surface area contributed by atoms with Crippen molar-refractivity contribution < 1.29 is 9.18 Å². The molecule has 22 heavy (non-hydrogen) atoms. The fraction of sp³-hybridized carbons (Fsp3) is 0.250. The first kappa shape index (κ1) is 14.7. The zero-order valence-electron chi connectivity index (χ0n) is 12.0. The monoisotopic (exact) mass is 315 g/mol. The molecular weight excluding hydrogens is 301 g/mol. The number of nitriles is 1. The number of hydrogen-bond acceptors (Lipinski definition) is 4. The molecule has 112 valence electrons. The molecule has 0 unspecified atom stereocenters. The van der Waals surface area contributed by atoms with Crippen molar-refractivity contribution in [2.24, 2.45) is 0 Å². The molecule has 0 saturated heterocycles. The molecule has 1 aliphatic rings. The van der Waals surface area contributed by atoms with Crippen molar-refractivity contribution in [3.8, 4) is 6.07 Å². The average molecular weight is 315 g/mol. The summed E-state index contributed by atoms with van der Waals surface area (Å²) in [5, 5.41) is 12.7. The standard InChI is InChI=1S/C16H14FN3OS/c1-20-6-5-12-13(8-18)16(22-14(12)9-20)19-15(21)10-3-2-4-11(17)7-10/h2-4,7H,5-6,9H2,1H3,(H,19,21). The smallest absolute Gasteiger partial charge is 0.256 e. The molecule has 0 radical (unpaired) electrons. The molecule has 1 aliphatic heterocycles. The van der Waals surface area contributed by atoms with Crippen LogP contribution >= 0.6 is 11.3 Å². The van der Waals surface area contributed by atoms with Crippen LogP contribution in [0.4, 0.5) is 9.39 Å². The van der Waals surface area contributed by atoms with Crippen LogP contribution in [0.5, 0.6) is 0 Å². The van der Waals surface area contributed by atoms with Crippen molar-refractivity contribution in [3.05, 3.63) is 51.7 Å². The first-order chi connectivity index (χ1) is 10.6. The summed E-state index contributed by atoms with van der Waals surface area (Å²) in [5.41, 5.74) is 1.81. The predicted molar refractivity (Wildman–Crippen MR) is 83.4 cm³/mol. The van der Waals surface area contributed by atoms with Crippen LogP contribution in [0.2, 0.25) is 0 Å². The van der Waals surface area contributed by atoms with Gasteiger partial charge in [0.25, 0.3) is 5.91 Å². The van der Waals surface area contributed by atoms with Gasteiger partial charge in [-0.1, -0.05) is 6.07 Å². The van der Waals surface area contributed by atoms with Crippen molar-refractivity contribution >= 4 is 22.2 Å². The van der Waals surface area contributed by atoms with Crippen LogP contribution in [0.3, 0.4) is 0 Å². The number of carbonyl (C=O) groups excluding carboxylic acids is 1. The van der Waals surface area contributed by atoms with E-state index in [9.17, 15) is 14.4 Å². The third-order valence-electron chi connectivity index (χ3n) is 3.67. The van der Waals surface area contributed by atoms with E-state index in [1.54, 1.807) is 6.07 Å². The van der Waals surface area contributed by atoms with Crippen molar-refractivity contribution in [2.45, 2.75) is 13.0 Å². The third-order valence-corrected chi connectivity index (χ3v) is 4.81. The Balaban J connectivity index is 1.90. The van der Waals surface area contributed by atoms with E-state index in [0.29, 0.717) is 10.6 Å². The highest BCUT2D eigenvalue weighted by molar-refractivity contribution is 7.16. The average Bonchev–Trinajstić information content (AvgIpc) is 2.83. The Morgan fingerprint density at radius 3 is 3.05 bits per heavy atom. The SMILES string of the molecule is CN1CCc2c(sc(NC(=O)c3cccc(F)c3)c2C#N)C1. The maximum absolute atomic E-state index is 13.2. The van der Waals surface area contributed by atoms with Crippen LogP contribution < -0.4 is 5.32 Å². The molecule has 3 rings (SSSR count). The Hall–Kier alpha value is -2.23. The highest BCUT2D eigenvalue weighted by Gasteiger charge is 2.24. The minimum atomic E-state index is -0.458. The van der Waals surface area contributed by atoms with E-state index in [2.05, 4.69) is 16.3 Å². The molecule has 1 amide bonds. The zero-order valence-corrected chi connectivity index (χ0v) is 12.8. The Morgan fingerprint density at radius 1 is 1.50 bits per heavy atom. The van der Waals surface area contributed by atoms with Gasteiger partial charge in [-0.2, -0.15) is 5.26 Å². The van der Waals surface area contributed by atoms with E-state index in [4.69, 9.17) is 0 Å². The third kappa shape index (κ3) is 2.73. The lowest BCUT2D eigenvalue weighted by Crippen LogP contribution is -2.25. The largest absolute Gasteiger partial charge is 0.312 e. The van der Waals surface area contributed by atoms with Gasteiger partial charge in [-0.05, 0) is 37.2 Å². The molecule has 1 aromatic carbocycles. The van der Waals surface area contributed by atoms with E-state index < -0.39 is 11.7 Å². The van der Waals surface area contributed by atoms with E-state index in [1.807, 2.05) is 7.05 Å². The molecule has 0 saturated carbocycles. The lowest BCUT2D eigenvalue weighted by molar-refractivity contribution is 0.102. The number of carbonyl (C=O) groups is 1. The topological polar surface area (TPSA) is 56.1 Å². The number of thiophene rings is 1. The summed E-state index contributed by atoms with van der Waals surface area (Å²) < 4.78 is 13.2. The molecular formula is C16H14FN3OS. The van der Waals surface area contributed by atoms with E-state index in [0.717, 1.165) is 30.0 Å². The fourth-order valence-corrected chi connectivity index (χ4v) is 3.82. The highest BCUT2D eigenvalue weighted by atomic mass is 32.1. The van der Waals surface area contributed by atoms with Crippen LogP contribution in [-0.2, 0) is 13.0 Å². The van der Waals surface area contributed by atoms with Gasteiger partial charge in [0.05, 0.1) is 5.56 Å². The van der Waals surface area contributed by atoms with Gasteiger partial charge in [0.2, 0.25) is 0 Å². The number of amides is 1. The fourth-order valence-electron chi connectivity index (χ4n) is 2.54. The van der Waals surface area contributed by atoms with Gasteiger partial charge in [0.1, 0.15) is 16.9 Å². The number of nitrogens with one attached hydrogen (secondary N) is 1. The predicted octanol–water partition coefficient (Wildman–Crippen LogP) is 3.00. The van der Waals surface area contributed by atoms with Crippen LogP contribution in [0.15, 0.2) is 24.3 Å². The zero-order chi connectivity index (χ0) is 15.7.